The number of aryl methyl sites for hydroxylation is 2. The van der Waals surface area contributed by atoms with E-state index < -0.39 is 0 Å². The van der Waals surface area contributed by atoms with E-state index in [9.17, 15) is 4.79 Å². The second kappa shape index (κ2) is 6.53. The first-order valence-electron chi connectivity index (χ1n) is 6.62. The van der Waals surface area contributed by atoms with Crippen LogP contribution in [0.1, 0.15) is 32.6 Å². The van der Waals surface area contributed by atoms with Gasteiger partial charge in [0.15, 0.2) is 0 Å². The van der Waals surface area contributed by atoms with Crippen molar-refractivity contribution in [1.29, 1.82) is 0 Å². The number of carbonyl (C=O) groups is 1. The fraction of sp³-hybridized carbons (Fsp3) is 0.312. The lowest BCUT2D eigenvalue weighted by molar-refractivity contribution is 0.0958. The first-order chi connectivity index (χ1) is 9.20. The lowest BCUT2D eigenvalue weighted by atomic mass is 10.1. The molecule has 1 N–H and O–H groups in total. The molecule has 1 aromatic carbocycles. The number of hydrogen-bond acceptors (Lipinski definition) is 2. The van der Waals surface area contributed by atoms with Crippen molar-refractivity contribution in [1.82, 2.24) is 5.32 Å². The van der Waals surface area contributed by atoms with E-state index >= 15 is 0 Å². The van der Waals surface area contributed by atoms with E-state index in [0.29, 0.717) is 6.54 Å². The normalized spacial score (nSPS) is 10.4. The van der Waals surface area contributed by atoms with Crippen molar-refractivity contribution >= 4 is 17.2 Å². The van der Waals surface area contributed by atoms with Gasteiger partial charge < -0.3 is 5.32 Å². The molecule has 1 amide bonds. The molecule has 0 bridgehead atoms. The summed E-state index contributed by atoms with van der Waals surface area (Å²) in [5.41, 5.74) is 2.53. The lowest BCUT2D eigenvalue weighted by Crippen LogP contribution is -2.24. The molecule has 3 heteroatoms. The van der Waals surface area contributed by atoms with Crippen molar-refractivity contribution in [2.24, 2.45) is 0 Å². The van der Waals surface area contributed by atoms with Gasteiger partial charge >= 0.3 is 0 Å². The number of amides is 1. The van der Waals surface area contributed by atoms with E-state index in [1.54, 1.807) is 11.3 Å². The zero-order valence-corrected chi connectivity index (χ0v) is 12.2. The zero-order chi connectivity index (χ0) is 13.7. The van der Waals surface area contributed by atoms with Gasteiger partial charge in [0, 0.05) is 11.4 Å². The summed E-state index contributed by atoms with van der Waals surface area (Å²) in [6, 6.07) is 12.2. The van der Waals surface area contributed by atoms with Gasteiger partial charge in [-0.15, -0.1) is 11.3 Å². The summed E-state index contributed by atoms with van der Waals surface area (Å²) in [6.07, 6.45) is 1.86. The van der Waals surface area contributed by atoms with Gasteiger partial charge in [0.05, 0.1) is 4.88 Å². The Balaban J connectivity index is 1.87. The van der Waals surface area contributed by atoms with Gasteiger partial charge in [-0.05, 0) is 37.0 Å². The second-order valence-electron chi connectivity index (χ2n) is 4.54. The Morgan fingerprint density at radius 2 is 2.00 bits per heavy atom. The highest BCUT2D eigenvalue weighted by molar-refractivity contribution is 7.14. The number of hydrogen-bond donors (Lipinski definition) is 1. The highest BCUT2D eigenvalue weighted by Crippen LogP contribution is 2.21. The molecular weight excluding hydrogens is 254 g/mol. The van der Waals surface area contributed by atoms with E-state index in [1.807, 2.05) is 24.3 Å². The van der Waals surface area contributed by atoms with Crippen molar-refractivity contribution < 1.29 is 4.79 Å². The van der Waals surface area contributed by atoms with Crippen LogP contribution in [0.3, 0.4) is 0 Å². The molecule has 0 radical (unpaired) electrons. The van der Waals surface area contributed by atoms with E-state index in [1.165, 1.54) is 16.0 Å². The van der Waals surface area contributed by atoms with E-state index in [2.05, 4.69) is 31.3 Å². The van der Waals surface area contributed by atoms with Gasteiger partial charge in [-0.2, -0.15) is 0 Å². The lowest BCUT2D eigenvalue weighted by Gasteiger charge is -2.03. The van der Waals surface area contributed by atoms with Crippen molar-refractivity contribution in [3.8, 4) is 0 Å². The molecule has 0 fully saturated rings. The van der Waals surface area contributed by atoms with Crippen LogP contribution in [-0.2, 0) is 12.8 Å². The summed E-state index contributed by atoms with van der Waals surface area (Å²) in [5, 5.41) is 2.98. The van der Waals surface area contributed by atoms with Gasteiger partial charge in [-0.3, -0.25) is 4.79 Å². The van der Waals surface area contributed by atoms with Crippen LogP contribution in [-0.4, -0.2) is 12.5 Å². The molecule has 100 valence electrons. The molecule has 1 heterocycles. The molecule has 0 atom stereocenters. The number of thiophene rings is 1. The molecule has 2 rings (SSSR count). The average molecular weight is 273 g/mol. The van der Waals surface area contributed by atoms with Crippen LogP contribution in [0.2, 0.25) is 0 Å². The summed E-state index contributed by atoms with van der Waals surface area (Å²) in [6.45, 7) is 4.87. The minimum atomic E-state index is 0.0451. The molecule has 2 aromatic rings. The molecule has 0 aliphatic rings. The third-order valence-corrected chi connectivity index (χ3v) is 4.26. The number of rotatable bonds is 5. The van der Waals surface area contributed by atoms with Crippen LogP contribution < -0.4 is 5.32 Å². The molecule has 19 heavy (non-hydrogen) atoms. The topological polar surface area (TPSA) is 29.1 Å². The minimum Gasteiger partial charge on any atom is -0.351 e. The molecule has 1 aromatic heterocycles. The molecule has 0 aliphatic carbocycles. The maximum atomic E-state index is 12.0. The number of carbonyl (C=O) groups excluding carboxylic acids is 1. The highest BCUT2D eigenvalue weighted by Gasteiger charge is 2.10. The van der Waals surface area contributed by atoms with Crippen molar-refractivity contribution in [2.45, 2.75) is 26.7 Å². The zero-order valence-electron chi connectivity index (χ0n) is 11.4. The fourth-order valence-corrected chi connectivity index (χ4v) is 3.07. The Morgan fingerprint density at radius 1 is 1.26 bits per heavy atom. The Kier molecular flexibility index (Phi) is 4.74. The summed E-state index contributed by atoms with van der Waals surface area (Å²) in [4.78, 5) is 14.1. The van der Waals surface area contributed by atoms with Gasteiger partial charge in [0.2, 0.25) is 0 Å². The Hall–Kier alpha value is -1.61. The molecular formula is C16H19NOS. The third-order valence-electron chi connectivity index (χ3n) is 3.17. The van der Waals surface area contributed by atoms with Crippen LogP contribution in [0.15, 0.2) is 36.4 Å². The number of nitrogens with one attached hydrogen (secondary N) is 1. The Morgan fingerprint density at radius 3 is 2.63 bits per heavy atom. The third kappa shape index (κ3) is 3.67. The fourth-order valence-electron chi connectivity index (χ4n) is 2.03. The van der Waals surface area contributed by atoms with Gasteiger partial charge in [-0.1, -0.05) is 37.3 Å². The molecule has 0 aliphatic heterocycles. The smallest absolute Gasteiger partial charge is 0.261 e. The number of benzene rings is 1. The summed E-state index contributed by atoms with van der Waals surface area (Å²) >= 11 is 1.58. The quantitative estimate of drug-likeness (QED) is 0.886. The summed E-state index contributed by atoms with van der Waals surface area (Å²) < 4.78 is 0. The molecule has 0 saturated carbocycles. The van der Waals surface area contributed by atoms with Crippen LogP contribution in [0.5, 0.6) is 0 Å². The molecule has 0 unspecified atom stereocenters. The van der Waals surface area contributed by atoms with Crippen LogP contribution in [0.4, 0.5) is 0 Å². The molecule has 2 nitrogen and oxygen atoms in total. The maximum absolute atomic E-state index is 12.0. The van der Waals surface area contributed by atoms with Gasteiger partial charge in [0.1, 0.15) is 0 Å². The van der Waals surface area contributed by atoms with Gasteiger partial charge in [0.25, 0.3) is 5.91 Å². The highest BCUT2D eigenvalue weighted by atomic mass is 32.1. The van der Waals surface area contributed by atoms with E-state index in [0.717, 1.165) is 17.7 Å². The van der Waals surface area contributed by atoms with Crippen LogP contribution in [0, 0.1) is 6.92 Å². The predicted molar refractivity (Wildman–Crippen MR) is 80.9 cm³/mol. The van der Waals surface area contributed by atoms with E-state index in [4.69, 9.17) is 0 Å². The first-order valence-corrected chi connectivity index (χ1v) is 7.43. The van der Waals surface area contributed by atoms with Crippen molar-refractivity contribution in [3.05, 3.63) is 57.3 Å². The van der Waals surface area contributed by atoms with Crippen molar-refractivity contribution in [2.75, 3.05) is 6.54 Å². The Labute approximate surface area is 118 Å². The van der Waals surface area contributed by atoms with E-state index in [-0.39, 0.29) is 5.91 Å². The van der Waals surface area contributed by atoms with Crippen LogP contribution >= 0.6 is 11.3 Å². The van der Waals surface area contributed by atoms with Crippen LogP contribution in [0.25, 0.3) is 0 Å². The standard InChI is InChI=1S/C16H19NOS/c1-3-14-11-15(19-12(14)2)16(18)17-10-9-13-7-5-4-6-8-13/h4-8,11H,3,9-10H2,1-2H3,(H,17,18). The second-order valence-corrected chi connectivity index (χ2v) is 5.79. The van der Waals surface area contributed by atoms with Gasteiger partial charge in [-0.25, -0.2) is 0 Å². The molecule has 0 saturated heterocycles. The SMILES string of the molecule is CCc1cc(C(=O)NCCc2ccccc2)sc1C. The largest absolute Gasteiger partial charge is 0.351 e. The Bertz CT molecular complexity index is 545. The monoisotopic (exact) mass is 273 g/mol. The molecule has 0 spiro atoms. The average Bonchev–Trinajstić information content (AvgIpc) is 2.81. The maximum Gasteiger partial charge on any atom is 0.261 e. The predicted octanol–water partition coefficient (Wildman–Crippen LogP) is 3.59. The summed E-state index contributed by atoms with van der Waals surface area (Å²) in [7, 11) is 0. The summed E-state index contributed by atoms with van der Waals surface area (Å²) in [5.74, 6) is 0.0451. The van der Waals surface area contributed by atoms with Crippen molar-refractivity contribution in [3.63, 3.8) is 0 Å². The first kappa shape index (κ1) is 13.8. The minimum absolute atomic E-state index is 0.0451.